The van der Waals surface area contributed by atoms with Crippen molar-refractivity contribution in [1.29, 1.82) is 0 Å². The second-order valence-corrected chi connectivity index (χ2v) is 9.54. The number of aromatic hydroxyl groups is 1. The normalized spacial score (nSPS) is 42.9. The van der Waals surface area contributed by atoms with Crippen LogP contribution in [0.1, 0.15) is 49.7 Å². The zero-order valence-electron chi connectivity index (χ0n) is 14.6. The average molecular weight is 473 g/mol. The largest absolute Gasteiger partial charge is 0.508 e. The third-order valence-corrected chi connectivity index (χ3v) is 8.34. The lowest BCUT2D eigenvalue weighted by Crippen LogP contribution is -2.53. The summed E-state index contributed by atoms with van der Waals surface area (Å²) in [7, 11) is 0. The molecule has 0 bridgehead atoms. The number of rotatable bonds is 2. The van der Waals surface area contributed by atoms with Crippen molar-refractivity contribution in [2.45, 2.75) is 50.5 Å². The zero-order chi connectivity index (χ0) is 17.8. The smallest absolute Gasteiger partial charge is 0.115 e. The first-order valence-corrected chi connectivity index (χ1v) is 11.1. The molecule has 0 aliphatic heterocycles. The van der Waals surface area contributed by atoms with Crippen LogP contribution < -0.4 is 0 Å². The van der Waals surface area contributed by atoms with Gasteiger partial charge in [0, 0.05) is 11.3 Å². The summed E-state index contributed by atoms with van der Waals surface area (Å²) in [5.41, 5.74) is 1.88. The average Bonchev–Trinajstić information content (AvgIpc) is 2.85. The van der Waals surface area contributed by atoms with Gasteiger partial charge in [-0.05, 0) is 89.2 Å². The molecule has 1 aromatic rings. The molecule has 1 aromatic carbocycles. The van der Waals surface area contributed by atoms with E-state index in [9.17, 15) is 10.2 Å². The van der Waals surface area contributed by atoms with Gasteiger partial charge in [-0.3, -0.25) is 0 Å². The summed E-state index contributed by atoms with van der Waals surface area (Å²) < 4.78 is 1.98. The van der Waals surface area contributed by atoms with Gasteiger partial charge in [0.05, 0.1) is 5.60 Å². The van der Waals surface area contributed by atoms with Gasteiger partial charge >= 0.3 is 0 Å². The summed E-state index contributed by atoms with van der Waals surface area (Å²) in [5, 5.41) is 21.3. The summed E-state index contributed by atoms with van der Waals surface area (Å²) in [6.45, 7) is 2.30. The van der Waals surface area contributed by atoms with E-state index in [0.717, 1.165) is 32.1 Å². The summed E-state index contributed by atoms with van der Waals surface area (Å²) in [4.78, 5) is 0. The molecule has 3 aliphatic rings. The van der Waals surface area contributed by atoms with Gasteiger partial charge in [-0.2, -0.15) is 0 Å². The van der Waals surface area contributed by atoms with Crippen LogP contribution in [0.4, 0.5) is 0 Å². The molecule has 3 aliphatic carbocycles. The number of hydrogen-bond donors (Lipinski definition) is 2. The van der Waals surface area contributed by atoms with E-state index in [4.69, 9.17) is 11.6 Å². The van der Waals surface area contributed by atoms with Crippen molar-refractivity contribution in [2.24, 2.45) is 23.2 Å². The lowest BCUT2D eigenvalue weighted by molar-refractivity contribution is -0.0860. The van der Waals surface area contributed by atoms with Crippen molar-refractivity contribution in [1.82, 2.24) is 0 Å². The van der Waals surface area contributed by atoms with Crippen molar-refractivity contribution in [3.63, 3.8) is 0 Å². The minimum Gasteiger partial charge on any atom is -0.508 e. The van der Waals surface area contributed by atoms with Crippen LogP contribution in [0.15, 0.2) is 28.4 Å². The zero-order valence-corrected chi connectivity index (χ0v) is 17.5. The van der Waals surface area contributed by atoms with E-state index in [1.807, 2.05) is 22.3 Å². The highest BCUT2D eigenvalue weighted by molar-refractivity contribution is 14.1. The van der Waals surface area contributed by atoms with Crippen molar-refractivity contribution >= 4 is 34.2 Å². The molecule has 2 fully saturated rings. The van der Waals surface area contributed by atoms with Crippen LogP contribution in [0.2, 0.25) is 0 Å². The van der Waals surface area contributed by atoms with Crippen LogP contribution in [0, 0.1) is 23.2 Å². The van der Waals surface area contributed by atoms with E-state index in [1.165, 1.54) is 11.1 Å². The van der Waals surface area contributed by atoms with E-state index < -0.39 is 5.60 Å². The summed E-state index contributed by atoms with van der Waals surface area (Å²) in [6, 6.07) is 5.88. The van der Waals surface area contributed by atoms with Crippen molar-refractivity contribution in [2.75, 3.05) is 5.88 Å². The van der Waals surface area contributed by atoms with Crippen LogP contribution in [0.5, 0.6) is 5.75 Å². The molecule has 0 saturated heterocycles. The van der Waals surface area contributed by atoms with E-state index in [-0.39, 0.29) is 5.41 Å². The molecule has 0 aromatic heterocycles. The van der Waals surface area contributed by atoms with Gasteiger partial charge in [-0.1, -0.05) is 35.6 Å². The van der Waals surface area contributed by atoms with Crippen LogP contribution in [0.25, 0.3) is 0 Å². The van der Waals surface area contributed by atoms with Gasteiger partial charge in [0.1, 0.15) is 5.75 Å². The molecule has 136 valence electrons. The van der Waals surface area contributed by atoms with Crippen LogP contribution in [-0.2, 0) is 6.42 Å². The maximum Gasteiger partial charge on any atom is 0.115 e. The fraction of sp³-hybridized carbons (Fsp3) is 0.619. The molecule has 25 heavy (non-hydrogen) atoms. The SMILES string of the molecule is C[C@]12CC(CCl)[C@@H]3c4ccc(O)cc4CC[C@H]3[C@@H]1CC[C@]2(O)C=CI. The van der Waals surface area contributed by atoms with Gasteiger partial charge in [-0.15, -0.1) is 11.6 Å². The molecule has 4 heteroatoms. The molecule has 1 unspecified atom stereocenters. The number of phenolic OH excluding ortho intramolecular Hbond substituents is 1. The minimum absolute atomic E-state index is 0.0934. The monoisotopic (exact) mass is 472 g/mol. The number of hydrogen-bond acceptors (Lipinski definition) is 2. The second-order valence-electron chi connectivity index (χ2n) is 8.51. The lowest BCUT2D eigenvalue weighted by atomic mass is 9.50. The Hall–Kier alpha value is -0.260. The highest BCUT2D eigenvalue weighted by Crippen LogP contribution is 2.66. The Bertz CT molecular complexity index is 705. The molecular formula is C21H26ClIO2. The molecule has 0 spiro atoms. The predicted octanol–water partition coefficient (Wildman–Crippen LogP) is 5.39. The Labute approximate surface area is 168 Å². The molecule has 0 heterocycles. The highest BCUT2D eigenvalue weighted by atomic mass is 127. The third-order valence-electron chi connectivity index (χ3n) is 7.59. The Morgan fingerprint density at radius 2 is 2.16 bits per heavy atom. The van der Waals surface area contributed by atoms with Gasteiger partial charge in [0.25, 0.3) is 0 Å². The lowest BCUT2D eigenvalue weighted by Gasteiger charge is -2.55. The van der Waals surface area contributed by atoms with Crippen LogP contribution in [-0.4, -0.2) is 21.7 Å². The summed E-state index contributed by atoms with van der Waals surface area (Å²) in [6.07, 6.45) is 7.10. The Morgan fingerprint density at radius 1 is 1.36 bits per heavy atom. The van der Waals surface area contributed by atoms with Crippen LogP contribution in [0.3, 0.4) is 0 Å². The van der Waals surface area contributed by atoms with Crippen molar-refractivity contribution < 1.29 is 10.2 Å². The Kier molecular flexibility index (Phi) is 4.65. The summed E-state index contributed by atoms with van der Waals surface area (Å²) in [5.74, 6) is 2.96. The molecule has 0 amide bonds. The minimum atomic E-state index is -0.705. The molecule has 2 saturated carbocycles. The molecule has 2 N–H and O–H groups in total. The number of benzene rings is 1. The fourth-order valence-corrected chi connectivity index (χ4v) is 7.33. The van der Waals surface area contributed by atoms with E-state index in [2.05, 4.69) is 35.6 Å². The molecule has 6 atom stereocenters. The number of alkyl halides is 1. The maximum absolute atomic E-state index is 11.4. The van der Waals surface area contributed by atoms with E-state index in [0.29, 0.717) is 35.3 Å². The van der Waals surface area contributed by atoms with Gasteiger partial charge in [-0.25, -0.2) is 0 Å². The molecular weight excluding hydrogens is 447 g/mol. The Morgan fingerprint density at radius 3 is 2.88 bits per heavy atom. The predicted molar refractivity (Wildman–Crippen MR) is 110 cm³/mol. The first kappa shape index (κ1) is 18.1. The van der Waals surface area contributed by atoms with Crippen molar-refractivity contribution in [3.8, 4) is 5.75 Å². The number of fused-ring (bicyclic) bond motifs is 5. The first-order valence-electron chi connectivity index (χ1n) is 9.31. The quantitative estimate of drug-likeness (QED) is 0.447. The fourth-order valence-electron chi connectivity index (χ4n) is 6.44. The van der Waals surface area contributed by atoms with Gasteiger partial charge < -0.3 is 10.2 Å². The van der Waals surface area contributed by atoms with Gasteiger partial charge in [0.15, 0.2) is 0 Å². The number of aliphatic hydroxyl groups is 1. The standard InChI is InChI=1S/C21H26ClIO2/c1-20-11-14(12-22)19-16-5-3-15(24)10-13(16)2-4-17(19)18(20)6-7-21(20,25)8-9-23/h3,5,8-10,14,17-19,24-25H,2,4,6-7,11-12H2,1H3/t14?,17-,18-,19+,20-,21-/m0/s1. The second kappa shape index (κ2) is 6.42. The molecule has 4 rings (SSSR count). The molecule has 2 nitrogen and oxygen atoms in total. The topological polar surface area (TPSA) is 40.5 Å². The van der Waals surface area contributed by atoms with E-state index in [1.54, 1.807) is 0 Å². The van der Waals surface area contributed by atoms with Gasteiger partial charge in [0.2, 0.25) is 0 Å². The highest BCUT2D eigenvalue weighted by Gasteiger charge is 2.62. The van der Waals surface area contributed by atoms with Crippen molar-refractivity contribution in [3.05, 3.63) is 39.5 Å². The summed E-state index contributed by atoms with van der Waals surface area (Å²) >= 11 is 8.69. The number of halogens is 2. The number of aryl methyl sites for hydroxylation is 1. The third kappa shape index (κ3) is 2.60. The maximum atomic E-state index is 11.4. The number of phenols is 1. The van der Waals surface area contributed by atoms with Crippen LogP contribution >= 0.6 is 34.2 Å². The Balaban J connectivity index is 1.78. The van der Waals surface area contributed by atoms with E-state index >= 15 is 0 Å². The first-order chi connectivity index (χ1) is 11.9. The molecule has 0 radical (unpaired) electrons.